The number of aromatic nitrogens is 10. The molecule has 40 heteroatoms. The SMILES string of the molecule is C.C.C.C.CC(=O)OC(C)=O.CC(C)(C)[Si](C)(C)Cl.CC1(C)CCCC(C)(C)N1.CC1CCc2c(Cl)ccnc21.C[C@@H]1CCc2c(Cl)ccnc21.C[C@@H]1CCc2c1ncc(C=O)c2Cl.Clc1ccnc2c1CCC2.O=C1CCc2c(Cl)ccnc21.O=CO[O-].O=P(Cl)(Cl)Cl.OC1CCc2c(Cl)ccnc21.O[C@@H]1CCc2c(Cl)ccnc21.[H-].[K+].[K+].[O-][n+]1ccc(Cl)c2c1CCC2.[O-][n+]1cccc2c1CCC2.c1cnc2c(c1)CCC2. The molecular formula is C108H144Cl12K2N11O13PSi. The molecule has 21 rings (SSSR count). The topological polar surface area (TPSA) is 353 Å². The van der Waals surface area contributed by atoms with Crippen molar-refractivity contribution in [3.63, 3.8) is 0 Å². The number of nitrogens with one attached hydrogen (secondary N) is 1. The van der Waals surface area contributed by atoms with Crippen LogP contribution in [0.5, 0.6) is 0 Å². The first-order valence-electron chi connectivity index (χ1n) is 47.3. The molecule has 804 valence electrons. The van der Waals surface area contributed by atoms with Gasteiger partial charge in [0, 0.05) is 181 Å². The third-order valence-corrected chi connectivity index (χ3v) is 33.6. The number of carbonyl (C=O) groups is 5. The normalized spacial score (nSPS) is 17.2. The van der Waals surface area contributed by atoms with E-state index in [0.29, 0.717) is 61.6 Å². The fraction of sp³-hybridized carbons (Fsp3) is 0.491. The summed E-state index contributed by atoms with van der Waals surface area (Å²) >= 11 is 67.5. The summed E-state index contributed by atoms with van der Waals surface area (Å²) in [5.74, 6) is 0.670. The van der Waals surface area contributed by atoms with E-state index in [1.807, 2.05) is 42.6 Å². The second kappa shape index (κ2) is 69.4. The maximum Gasteiger partial charge on any atom is 1.00 e. The Labute approximate surface area is 1020 Å². The summed E-state index contributed by atoms with van der Waals surface area (Å²) in [5, 5.41) is 56.2. The molecule has 2 unspecified atom stereocenters. The first-order chi connectivity index (χ1) is 66.9. The van der Waals surface area contributed by atoms with Crippen molar-refractivity contribution in [2.24, 2.45) is 0 Å². The maximum absolute atomic E-state index is 11.1. The molecule has 1 fully saturated rings. The van der Waals surface area contributed by atoms with E-state index in [9.17, 15) is 44.4 Å². The van der Waals surface area contributed by atoms with Crippen LogP contribution in [0.1, 0.15) is 355 Å². The molecule has 0 saturated carbocycles. The number of esters is 2. The number of aliphatic hydroxyl groups is 2. The Balaban J connectivity index is 0.00000158. The number of aryl methyl sites for hydroxylation is 4. The van der Waals surface area contributed by atoms with Crippen LogP contribution in [0.4, 0.5) is 0 Å². The van der Waals surface area contributed by atoms with Gasteiger partial charge in [-0.05, 0) is 326 Å². The summed E-state index contributed by atoms with van der Waals surface area (Å²) in [7, 11) is -1.39. The molecule has 10 aromatic rings. The average Bonchev–Trinajstić information content (AvgIpc) is 1.67. The summed E-state index contributed by atoms with van der Waals surface area (Å²) in [5.41, 5.74) is 22.7. The fourth-order valence-electron chi connectivity index (χ4n) is 17.4. The van der Waals surface area contributed by atoms with E-state index < -0.39 is 36.7 Å². The monoisotopic (exact) mass is 2360 g/mol. The minimum Gasteiger partial charge on any atom is -1.00 e. The van der Waals surface area contributed by atoms with Crippen molar-refractivity contribution in [3.8, 4) is 0 Å². The van der Waals surface area contributed by atoms with Gasteiger partial charge in [-0.1, -0.05) is 183 Å². The van der Waals surface area contributed by atoms with Gasteiger partial charge in [-0.2, -0.15) is 20.5 Å². The molecule has 10 aliphatic carbocycles. The van der Waals surface area contributed by atoms with Gasteiger partial charge < -0.3 is 42.3 Å². The van der Waals surface area contributed by atoms with E-state index in [-0.39, 0.29) is 146 Å². The number of hydrogen-bond donors (Lipinski definition) is 3. The molecule has 10 aromatic heterocycles. The second-order valence-electron chi connectivity index (χ2n) is 38.2. The molecule has 0 radical (unpaired) electrons. The van der Waals surface area contributed by atoms with Crippen molar-refractivity contribution in [3.05, 3.63) is 297 Å². The number of carbonyl (C=O) groups excluding carboxylic acids is 5. The fourth-order valence-corrected chi connectivity index (χ4v) is 19.4. The van der Waals surface area contributed by atoms with Crippen molar-refractivity contribution in [2.75, 3.05) is 0 Å². The molecule has 1 saturated heterocycles. The van der Waals surface area contributed by atoms with Crippen molar-refractivity contribution >= 4 is 181 Å². The predicted octanol–water partition coefficient (Wildman–Crippen LogP) is 23.1. The van der Waals surface area contributed by atoms with Gasteiger partial charge in [-0.25, -0.2) is 0 Å². The summed E-state index contributed by atoms with van der Waals surface area (Å²) < 4.78 is 15.4. The number of Topliss-reactive ketones (excluding diaryl/α,β-unsaturated/α-hetero) is 1. The Morgan fingerprint density at radius 3 is 1.24 bits per heavy atom. The zero-order valence-electron chi connectivity index (χ0n) is 85.6. The van der Waals surface area contributed by atoms with Gasteiger partial charge in [-0.15, -0.1) is 0 Å². The first kappa shape index (κ1) is 142. The van der Waals surface area contributed by atoms with Crippen LogP contribution in [0.15, 0.2) is 129 Å². The van der Waals surface area contributed by atoms with E-state index in [1.54, 1.807) is 73.8 Å². The van der Waals surface area contributed by atoms with E-state index in [2.05, 4.69) is 177 Å². The second-order valence-corrected chi connectivity index (χ2v) is 55.4. The number of hydrogen-bond acceptors (Lipinski definition) is 22. The number of fused-ring (bicyclic) bond motifs is 10. The number of rotatable bonds is 2. The average molecular weight is 2370 g/mol. The minimum absolute atomic E-state index is 0. The van der Waals surface area contributed by atoms with Gasteiger partial charge in [-0.3, -0.25) is 68.4 Å². The molecule has 24 nitrogen and oxygen atoms in total. The van der Waals surface area contributed by atoms with Crippen LogP contribution in [-0.4, -0.2) is 99.0 Å². The van der Waals surface area contributed by atoms with Crippen LogP contribution >= 0.6 is 143 Å². The summed E-state index contributed by atoms with van der Waals surface area (Å²) in [6.45, 7) is 28.8. The zero-order chi connectivity index (χ0) is 105. The molecule has 0 bridgehead atoms. The molecule has 3 N–H and O–H groups in total. The predicted molar refractivity (Wildman–Crippen MR) is 599 cm³/mol. The number of ether oxygens (including phenoxy) is 1. The van der Waals surface area contributed by atoms with Gasteiger partial charge in [0.25, 0.3) is 6.47 Å². The van der Waals surface area contributed by atoms with E-state index in [0.717, 1.165) is 211 Å². The zero-order valence-corrected chi connectivity index (χ0v) is 102. The van der Waals surface area contributed by atoms with Crippen LogP contribution < -0.4 is 123 Å². The van der Waals surface area contributed by atoms with Gasteiger partial charge >= 0.3 is 120 Å². The number of ketones is 1. The molecule has 11 aliphatic rings. The molecule has 11 heterocycles. The molecule has 0 spiro atoms. The van der Waals surface area contributed by atoms with Gasteiger partial charge in [0.2, 0.25) is 0 Å². The number of aldehydes is 1. The van der Waals surface area contributed by atoms with Crippen molar-refractivity contribution < 1.29 is 167 Å². The Morgan fingerprint density at radius 1 is 0.473 bits per heavy atom. The minimum atomic E-state index is -3.22. The van der Waals surface area contributed by atoms with Crippen LogP contribution in [0.25, 0.3) is 0 Å². The van der Waals surface area contributed by atoms with E-state index in [4.69, 9.17) is 114 Å². The van der Waals surface area contributed by atoms with Crippen molar-refractivity contribution in [1.29, 1.82) is 0 Å². The largest absolute Gasteiger partial charge is 1.00 e. The molecular weight excluding hydrogens is 2220 g/mol. The molecule has 1 aliphatic heterocycles. The number of pyridine rings is 10. The summed E-state index contributed by atoms with van der Waals surface area (Å²) in [6.07, 6.45) is 45.1. The molecule has 0 aromatic carbocycles. The first-order valence-corrected chi connectivity index (χ1v) is 58.8. The number of nitrogens with zero attached hydrogens (tertiary/aromatic N) is 10. The summed E-state index contributed by atoms with van der Waals surface area (Å²) in [4.78, 5) is 86.0. The maximum atomic E-state index is 11.1. The standard InChI is InChI=1S/C10H10ClNO.2C9H10ClN.C9H19N.2C8H8ClNO.C8H6ClNO.C8H8ClNO.C8H8ClN.C8H9NO.C8H9N.C6H15ClSi.C4H6O3.CH2O3.4CH4.Cl3OP.2K.H/c1-6-2-3-8-9(11)7(5-13)4-12-10(6)8;2*1-6-2-3-7-8(10)4-5-11-9(6)7;1-8(2)6-5-7-9(3,4)10-8;3*9-6-3-4-10-8-5(6)1-2-7(8)11;9-7-4-5-10(11)8-3-1-2-6(7)8;9-7-4-5-10-8-3-1-2-6(7)8;10-9-6-2-4-7-3-1-5-8(7)9;1-3-7-4-2-6-9-8(7)5-1;1-6(2,3)8(4,5)7;1-3(5)7-4(2)6;2-1-4-3;;;;;1-5(2,3)4;;;/h4-6H,2-3H2,1H3;2*4-6H,2-3H2,1H3;10H,5-7H2,1-4H3;2*3-4,7,11H,1-2H2;3-4H,1-2H2;4-5H,1-3H2;4-5H,1-3H2;2,4,6H,1,3,5H2;2,4,6H,1,3,5H2;1-5H3;1-2H3;1,3H;4*1H4;;;;/q;;;;;;;;;;;;;;;;;;;2*+1;-1/p-1/t2*6-;;;7-;;;;;;;;;;;;;;;;;/m11..1................./s1. The molecule has 0 amide bonds. The van der Waals surface area contributed by atoms with Gasteiger partial charge in [0.1, 0.15) is 5.69 Å². The Bertz CT molecular complexity index is 5570. The van der Waals surface area contributed by atoms with Crippen molar-refractivity contribution in [1.82, 2.24) is 45.2 Å². The van der Waals surface area contributed by atoms with Crippen LogP contribution in [0.2, 0.25) is 58.3 Å². The van der Waals surface area contributed by atoms with Gasteiger partial charge in [0.05, 0.1) is 39.2 Å². The van der Waals surface area contributed by atoms with Crippen molar-refractivity contribution in [2.45, 2.75) is 345 Å². The third-order valence-electron chi connectivity index (χ3n) is 25.4. The van der Waals surface area contributed by atoms with Crippen LogP contribution in [-0.2, 0) is 118 Å². The number of piperidine rings is 1. The smallest absolute Gasteiger partial charge is 1.00 e. The molecule has 148 heavy (non-hydrogen) atoms. The Hall–Kier alpha value is -3.91. The summed E-state index contributed by atoms with van der Waals surface area (Å²) in [6, 6.07) is 20.6. The number of aliphatic hydroxyl groups excluding tert-OH is 2. The van der Waals surface area contributed by atoms with Crippen LogP contribution in [0, 0.1) is 10.4 Å². The Kier molecular flexibility index (Phi) is 66.6. The van der Waals surface area contributed by atoms with Crippen LogP contribution in [0.3, 0.4) is 0 Å². The third kappa shape index (κ3) is 46.3. The van der Waals surface area contributed by atoms with E-state index in [1.165, 1.54) is 128 Å². The quantitative estimate of drug-likeness (QED) is 0.0138. The number of halogens is 12. The van der Waals surface area contributed by atoms with Gasteiger partial charge in [0.15, 0.2) is 43.2 Å². The Morgan fingerprint density at radius 2 is 0.838 bits per heavy atom. The molecule has 5 atom stereocenters. The van der Waals surface area contributed by atoms with E-state index >= 15 is 0 Å².